The van der Waals surface area contributed by atoms with Crippen molar-refractivity contribution in [2.75, 3.05) is 18.6 Å². The normalized spacial score (nSPS) is 12.4. The van der Waals surface area contributed by atoms with Gasteiger partial charge in [0.05, 0.1) is 0 Å². The third kappa shape index (κ3) is 4.36. The van der Waals surface area contributed by atoms with Crippen LogP contribution in [-0.2, 0) is 4.74 Å². The molecule has 5 nitrogen and oxygen atoms in total. The summed E-state index contributed by atoms with van der Waals surface area (Å²) in [6.07, 6.45) is 4.37. The van der Waals surface area contributed by atoms with Crippen molar-refractivity contribution in [1.82, 2.24) is 5.32 Å². The predicted molar refractivity (Wildman–Crippen MR) is 121 cm³/mol. The summed E-state index contributed by atoms with van der Waals surface area (Å²) in [5.74, 6) is 5.44. The standard InChI is InChI=1S/C25H25N3O2/c26-28-19-14-12-18(13-15-19)7-5-6-16-27-25(29)30-17-24-22-10-3-1-8-20(22)21-9-2-4-11-23(21)24/h1-5,7-15,24,28H,6,16-17,26H2,(H,27,29). The average Bonchev–Trinajstić information content (AvgIpc) is 3.12. The Kier molecular flexibility index (Phi) is 6.11. The lowest BCUT2D eigenvalue weighted by atomic mass is 9.98. The van der Waals surface area contributed by atoms with Crippen molar-refractivity contribution in [3.8, 4) is 11.1 Å². The van der Waals surface area contributed by atoms with Gasteiger partial charge in [-0.15, -0.1) is 0 Å². The van der Waals surface area contributed by atoms with Gasteiger partial charge >= 0.3 is 6.09 Å². The van der Waals surface area contributed by atoms with E-state index in [1.54, 1.807) is 0 Å². The Morgan fingerprint density at radius 1 is 0.933 bits per heavy atom. The van der Waals surface area contributed by atoms with E-state index in [9.17, 15) is 4.79 Å². The molecule has 0 atom stereocenters. The van der Waals surface area contributed by atoms with E-state index in [0.717, 1.165) is 17.7 Å². The van der Waals surface area contributed by atoms with Crippen LogP contribution < -0.4 is 16.6 Å². The number of carbonyl (C=O) groups excluding carboxylic acids is 1. The minimum atomic E-state index is -0.386. The Bertz CT molecular complexity index is 999. The van der Waals surface area contributed by atoms with Gasteiger partial charge in [0.25, 0.3) is 0 Å². The van der Waals surface area contributed by atoms with E-state index in [4.69, 9.17) is 10.6 Å². The summed E-state index contributed by atoms with van der Waals surface area (Å²) >= 11 is 0. The highest BCUT2D eigenvalue weighted by Crippen LogP contribution is 2.44. The number of anilines is 1. The topological polar surface area (TPSA) is 76.4 Å². The average molecular weight is 399 g/mol. The Labute approximate surface area is 176 Å². The highest BCUT2D eigenvalue weighted by Gasteiger charge is 2.28. The van der Waals surface area contributed by atoms with Gasteiger partial charge in [0, 0.05) is 18.2 Å². The van der Waals surface area contributed by atoms with Crippen molar-refractivity contribution >= 4 is 17.9 Å². The quantitative estimate of drug-likeness (QED) is 0.300. The molecular formula is C25H25N3O2. The molecule has 0 aromatic heterocycles. The first-order chi connectivity index (χ1) is 14.8. The van der Waals surface area contributed by atoms with E-state index in [2.05, 4.69) is 35.0 Å². The van der Waals surface area contributed by atoms with Crippen molar-refractivity contribution < 1.29 is 9.53 Å². The number of nitrogens with one attached hydrogen (secondary N) is 2. The van der Waals surface area contributed by atoms with Gasteiger partial charge in [-0.2, -0.15) is 0 Å². The first-order valence-electron chi connectivity index (χ1n) is 10.1. The molecule has 1 amide bonds. The van der Waals surface area contributed by atoms with Crippen LogP contribution in [0.4, 0.5) is 10.5 Å². The lowest BCUT2D eigenvalue weighted by Crippen LogP contribution is -2.26. The van der Waals surface area contributed by atoms with E-state index < -0.39 is 0 Å². The number of hydrazine groups is 1. The molecule has 152 valence electrons. The van der Waals surface area contributed by atoms with Crippen molar-refractivity contribution in [3.05, 3.63) is 95.6 Å². The molecule has 0 heterocycles. The molecule has 5 heteroatoms. The number of benzene rings is 3. The van der Waals surface area contributed by atoms with Crippen molar-refractivity contribution in [1.29, 1.82) is 0 Å². The maximum atomic E-state index is 12.2. The van der Waals surface area contributed by atoms with Gasteiger partial charge < -0.3 is 15.5 Å². The summed E-state index contributed by atoms with van der Waals surface area (Å²) in [6, 6.07) is 24.4. The molecule has 1 aliphatic carbocycles. The number of alkyl carbamates (subject to hydrolysis) is 1. The first-order valence-corrected chi connectivity index (χ1v) is 10.1. The van der Waals surface area contributed by atoms with E-state index in [0.29, 0.717) is 13.2 Å². The van der Waals surface area contributed by atoms with Crippen molar-refractivity contribution in [2.24, 2.45) is 5.84 Å². The Morgan fingerprint density at radius 3 is 2.20 bits per heavy atom. The van der Waals surface area contributed by atoms with Crippen LogP contribution in [0.2, 0.25) is 0 Å². The van der Waals surface area contributed by atoms with Crippen LogP contribution in [0.5, 0.6) is 0 Å². The molecular weight excluding hydrogens is 374 g/mol. The molecule has 0 radical (unpaired) electrons. The number of carbonyl (C=O) groups is 1. The second-order valence-corrected chi connectivity index (χ2v) is 7.21. The number of hydrogen-bond acceptors (Lipinski definition) is 4. The highest BCUT2D eigenvalue weighted by molar-refractivity contribution is 5.79. The number of fused-ring (bicyclic) bond motifs is 3. The number of ether oxygens (including phenoxy) is 1. The van der Waals surface area contributed by atoms with Crippen LogP contribution in [0, 0.1) is 0 Å². The molecule has 3 aromatic rings. The fourth-order valence-corrected chi connectivity index (χ4v) is 3.82. The van der Waals surface area contributed by atoms with E-state index in [1.807, 2.05) is 60.7 Å². The van der Waals surface area contributed by atoms with Crippen molar-refractivity contribution in [2.45, 2.75) is 12.3 Å². The van der Waals surface area contributed by atoms with Gasteiger partial charge in [-0.05, 0) is 46.4 Å². The van der Waals surface area contributed by atoms with Crippen LogP contribution in [0.3, 0.4) is 0 Å². The first kappa shape index (κ1) is 19.7. The van der Waals surface area contributed by atoms with Gasteiger partial charge in [0.2, 0.25) is 0 Å². The summed E-state index contributed by atoms with van der Waals surface area (Å²) in [5.41, 5.74) is 9.42. The van der Waals surface area contributed by atoms with Gasteiger partial charge in [-0.25, -0.2) is 4.79 Å². The fraction of sp³-hybridized carbons (Fsp3) is 0.160. The number of nitrogen functional groups attached to an aromatic ring is 1. The molecule has 0 aliphatic heterocycles. The molecule has 30 heavy (non-hydrogen) atoms. The maximum Gasteiger partial charge on any atom is 0.407 e. The zero-order valence-electron chi connectivity index (χ0n) is 16.7. The second kappa shape index (κ2) is 9.29. The zero-order chi connectivity index (χ0) is 20.8. The number of rotatable bonds is 7. The maximum absolute atomic E-state index is 12.2. The molecule has 0 saturated carbocycles. The number of nitrogens with two attached hydrogens (primary N) is 1. The van der Waals surface area contributed by atoms with Crippen LogP contribution in [-0.4, -0.2) is 19.2 Å². The van der Waals surface area contributed by atoms with E-state index in [-0.39, 0.29) is 12.0 Å². The van der Waals surface area contributed by atoms with Crippen LogP contribution in [0.15, 0.2) is 78.9 Å². The van der Waals surface area contributed by atoms with E-state index in [1.165, 1.54) is 22.3 Å². The third-order valence-corrected chi connectivity index (χ3v) is 5.31. The summed E-state index contributed by atoms with van der Waals surface area (Å²) in [7, 11) is 0. The number of hydrogen-bond donors (Lipinski definition) is 3. The van der Waals surface area contributed by atoms with Crippen molar-refractivity contribution in [3.63, 3.8) is 0 Å². The Morgan fingerprint density at radius 2 is 1.57 bits per heavy atom. The van der Waals surface area contributed by atoms with Crippen LogP contribution in [0.25, 0.3) is 17.2 Å². The minimum Gasteiger partial charge on any atom is -0.449 e. The minimum absolute atomic E-state index is 0.0778. The Balaban J connectivity index is 1.26. The van der Waals surface area contributed by atoms with Gasteiger partial charge in [-0.3, -0.25) is 5.84 Å². The third-order valence-electron chi connectivity index (χ3n) is 5.31. The van der Waals surface area contributed by atoms with E-state index >= 15 is 0 Å². The molecule has 0 unspecified atom stereocenters. The summed E-state index contributed by atoms with van der Waals surface area (Å²) in [6.45, 7) is 0.854. The predicted octanol–water partition coefficient (Wildman–Crippen LogP) is 4.91. The smallest absolute Gasteiger partial charge is 0.407 e. The van der Waals surface area contributed by atoms with Gasteiger partial charge in [0.15, 0.2) is 0 Å². The molecule has 0 saturated heterocycles. The summed E-state index contributed by atoms with van der Waals surface area (Å²) in [5, 5.41) is 2.82. The summed E-state index contributed by atoms with van der Waals surface area (Å²) < 4.78 is 5.54. The van der Waals surface area contributed by atoms with Gasteiger partial charge in [-0.1, -0.05) is 72.8 Å². The monoisotopic (exact) mass is 399 g/mol. The Hall–Kier alpha value is -3.57. The highest BCUT2D eigenvalue weighted by atomic mass is 16.5. The molecule has 0 fully saturated rings. The molecule has 4 rings (SSSR count). The zero-order valence-corrected chi connectivity index (χ0v) is 16.7. The molecule has 4 N–H and O–H groups in total. The second-order valence-electron chi connectivity index (χ2n) is 7.21. The lowest BCUT2D eigenvalue weighted by molar-refractivity contribution is 0.143. The SMILES string of the molecule is NNc1ccc(C=CCCNC(=O)OCC2c3ccccc3-c3ccccc32)cc1. The summed E-state index contributed by atoms with van der Waals surface area (Å²) in [4.78, 5) is 12.2. The molecule has 1 aliphatic rings. The van der Waals surface area contributed by atoms with Gasteiger partial charge in [0.1, 0.15) is 6.61 Å². The van der Waals surface area contributed by atoms with Crippen LogP contribution in [0.1, 0.15) is 29.0 Å². The van der Waals surface area contributed by atoms with Crippen LogP contribution >= 0.6 is 0 Å². The fourth-order valence-electron chi connectivity index (χ4n) is 3.82. The number of amides is 1. The molecule has 3 aromatic carbocycles. The molecule has 0 bridgehead atoms. The largest absolute Gasteiger partial charge is 0.449 e. The molecule has 0 spiro atoms. The lowest BCUT2D eigenvalue weighted by Gasteiger charge is -2.14.